The molecule has 0 saturated carbocycles. The highest BCUT2D eigenvalue weighted by Crippen LogP contribution is 2.07. The first-order valence-electron chi connectivity index (χ1n) is 9.38. The first kappa shape index (κ1) is 22.1. The summed E-state index contributed by atoms with van der Waals surface area (Å²) in [4.78, 5) is 13.9. The van der Waals surface area contributed by atoms with Crippen LogP contribution in [0, 0.1) is 0 Å². The van der Waals surface area contributed by atoms with Gasteiger partial charge in [-0.3, -0.25) is 9.69 Å². The van der Waals surface area contributed by atoms with Gasteiger partial charge in [-0.2, -0.15) is 0 Å². The third-order valence-corrected chi connectivity index (χ3v) is 4.00. The number of nitrogens with zero attached hydrogens (tertiary/aromatic N) is 1. The van der Waals surface area contributed by atoms with Crippen LogP contribution in [0.25, 0.3) is 0 Å². The zero-order chi connectivity index (χ0) is 17.2. The first-order valence-corrected chi connectivity index (χ1v) is 9.38. The monoisotopic (exact) mass is 326 g/mol. The summed E-state index contributed by atoms with van der Waals surface area (Å²) in [7, 11) is 2.06. The molecule has 0 bridgehead atoms. The lowest BCUT2D eigenvalue weighted by Gasteiger charge is -2.17. The molecule has 0 fully saturated rings. The van der Waals surface area contributed by atoms with Crippen molar-refractivity contribution in [1.82, 2.24) is 10.2 Å². The van der Waals surface area contributed by atoms with E-state index in [1.54, 1.807) is 0 Å². The van der Waals surface area contributed by atoms with E-state index in [0.717, 1.165) is 38.6 Å². The molecule has 0 aliphatic carbocycles. The van der Waals surface area contributed by atoms with E-state index >= 15 is 0 Å². The molecular weight excluding hydrogens is 288 g/mol. The fraction of sp³-hybridized carbons (Fsp3) is 0.842. The van der Waals surface area contributed by atoms with Gasteiger partial charge in [0.1, 0.15) is 0 Å². The van der Waals surface area contributed by atoms with Gasteiger partial charge in [-0.15, -0.1) is 0 Å². The zero-order valence-corrected chi connectivity index (χ0v) is 15.4. The summed E-state index contributed by atoms with van der Waals surface area (Å²) >= 11 is 0. The van der Waals surface area contributed by atoms with Crippen LogP contribution in [0.5, 0.6) is 0 Å². The van der Waals surface area contributed by atoms with E-state index < -0.39 is 0 Å². The zero-order valence-electron chi connectivity index (χ0n) is 15.4. The van der Waals surface area contributed by atoms with Crippen LogP contribution in [-0.2, 0) is 4.79 Å². The van der Waals surface area contributed by atoms with Crippen molar-refractivity contribution >= 4 is 5.91 Å². The quantitative estimate of drug-likeness (QED) is 0.257. The van der Waals surface area contributed by atoms with Gasteiger partial charge >= 0.3 is 0 Å². The summed E-state index contributed by atoms with van der Waals surface area (Å²) in [6, 6.07) is 0. The van der Waals surface area contributed by atoms with Crippen molar-refractivity contribution in [3.63, 3.8) is 0 Å². The lowest BCUT2D eigenvalue weighted by molar-refractivity contribution is -0.121. The Hall–Kier alpha value is -0.870. The van der Waals surface area contributed by atoms with Gasteiger partial charge < -0.3 is 10.4 Å². The Labute approximate surface area is 143 Å². The number of aliphatic hydroxyl groups is 1. The van der Waals surface area contributed by atoms with Crippen LogP contribution < -0.4 is 5.32 Å². The van der Waals surface area contributed by atoms with Gasteiger partial charge in [-0.05, 0) is 52.6 Å². The predicted octanol–water partition coefficient (Wildman–Crippen LogP) is 3.85. The van der Waals surface area contributed by atoms with Crippen molar-refractivity contribution in [2.45, 2.75) is 77.6 Å². The minimum atomic E-state index is 0.168. The molecule has 2 N–H and O–H groups in total. The van der Waals surface area contributed by atoms with Gasteiger partial charge in [0.05, 0.1) is 6.67 Å². The fourth-order valence-corrected chi connectivity index (χ4v) is 2.48. The Morgan fingerprint density at radius 3 is 2.30 bits per heavy atom. The summed E-state index contributed by atoms with van der Waals surface area (Å²) in [5, 5.41) is 11.7. The smallest absolute Gasteiger partial charge is 0.220 e. The minimum Gasteiger partial charge on any atom is -0.396 e. The number of unbranched alkanes of at least 4 members (excludes halogenated alkanes) is 8. The second kappa shape index (κ2) is 17.5. The number of hydrogen-bond acceptors (Lipinski definition) is 3. The highest BCUT2D eigenvalue weighted by Gasteiger charge is 2.03. The van der Waals surface area contributed by atoms with Gasteiger partial charge in [0.15, 0.2) is 0 Å². The predicted molar refractivity (Wildman–Crippen MR) is 98.3 cm³/mol. The molecule has 0 aliphatic rings. The standard InChI is InChI=1S/C19H38N2O2/c1-3-4-5-9-12-15-19(23)20-18-21(2)16-13-10-7-6-8-11-14-17-22/h3-4,22H,5-18H2,1-2H3,(H,20,23)/b4-3+. The highest BCUT2D eigenvalue weighted by atomic mass is 16.2. The second-order valence-electron chi connectivity index (χ2n) is 6.35. The van der Waals surface area contributed by atoms with Crippen LogP contribution in [0.4, 0.5) is 0 Å². The third kappa shape index (κ3) is 17.3. The van der Waals surface area contributed by atoms with Gasteiger partial charge in [0.2, 0.25) is 5.91 Å². The largest absolute Gasteiger partial charge is 0.396 e. The average molecular weight is 327 g/mol. The molecule has 0 unspecified atom stereocenters. The van der Waals surface area contributed by atoms with Crippen molar-refractivity contribution in [3.05, 3.63) is 12.2 Å². The lowest BCUT2D eigenvalue weighted by Crippen LogP contribution is -2.35. The van der Waals surface area contributed by atoms with Crippen LogP contribution in [-0.4, -0.2) is 42.8 Å². The molecule has 4 heteroatoms. The molecule has 0 aromatic rings. The summed E-state index contributed by atoms with van der Waals surface area (Å²) in [5.41, 5.74) is 0. The third-order valence-electron chi connectivity index (χ3n) is 4.00. The number of rotatable bonds is 16. The van der Waals surface area contributed by atoms with Crippen LogP contribution in [0.3, 0.4) is 0 Å². The maximum atomic E-state index is 11.7. The van der Waals surface area contributed by atoms with E-state index in [9.17, 15) is 4.79 Å². The van der Waals surface area contributed by atoms with E-state index in [1.165, 1.54) is 32.1 Å². The van der Waals surface area contributed by atoms with E-state index in [-0.39, 0.29) is 5.91 Å². The molecule has 136 valence electrons. The molecule has 0 atom stereocenters. The number of aliphatic hydroxyl groups excluding tert-OH is 1. The minimum absolute atomic E-state index is 0.168. The topological polar surface area (TPSA) is 52.6 Å². The number of nitrogens with one attached hydrogen (secondary N) is 1. The Morgan fingerprint density at radius 1 is 1.00 bits per heavy atom. The second-order valence-corrected chi connectivity index (χ2v) is 6.35. The lowest BCUT2D eigenvalue weighted by atomic mass is 10.1. The number of hydrogen-bond donors (Lipinski definition) is 2. The maximum absolute atomic E-state index is 11.7. The van der Waals surface area contributed by atoms with Gasteiger partial charge in [0, 0.05) is 13.0 Å². The van der Waals surface area contributed by atoms with Crippen molar-refractivity contribution in [2.24, 2.45) is 0 Å². The molecule has 0 aromatic heterocycles. The first-order chi connectivity index (χ1) is 11.2. The average Bonchev–Trinajstić information content (AvgIpc) is 2.55. The van der Waals surface area contributed by atoms with E-state index in [1.807, 2.05) is 6.92 Å². The molecular formula is C19H38N2O2. The van der Waals surface area contributed by atoms with Crippen molar-refractivity contribution in [1.29, 1.82) is 0 Å². The Balaban J connectivity index is 3.35. The Kier molecular flexibility index (Phi) is 16.8. The fourth-order valence-electron chi connectivity index (χ4n) is 2.48. The molecule has 0 aliphatic heterocycles. The van der Waals surface area contributed by atoms with Gasteiger partial charge in [0.25, 0.3) is 0 Å². The number of amides is 1. The van der Waals surface area contributed by atoms with E-state index in [2.05, 4.69) is 29.4 Å². The molecule has 0 radical (unpaired) electrons. The Bertz CT molecular complexity index is 293. The van der Waals surface area contributed by atoms with Crippen molar-refractivity contribution < 1.29 is 9.90 Å². The normalized spacial score (nSPS) is 11.5. The molecule has 4 nitrogen and oxygen atoms in total. The SMILES string of the molecule is C/C=C/CCCCC(=O)NCN(C)CCCCCCCCCO. The van der Waals surface area contributed by atoms with Gasteiger partial charge in [-0.1, -0.05) is 44.3 Å². The molecule has 0 heterocycles. The summed E-state index contributed by atoms with van der Waals surface area (Å²) in [5.74, 6) is 0.168. The van der Waals surface area contributed by atoms with E-state index in [4.69, 9.17) is 5.11 Å². The number of carbonyl (C=O) groups is 1. The summed E-state index contributed by atoms with van der Waals surface area (Å²) in [6.07, 6.45) is 16.3. The van der Waals surface area contributed by atoms with Crippen LogP contribution >= 0.6 is 0 Å². The molecule has 0 spiro atoms. The maximum Gasteiger partial charge on any atom is 0.220 e. The summed E-state index contributed by atoms with van der Waals surface area (Å²) < 4.78 is 0. The molecule has 1 amide bonds. The molecule has 0 rings (SSSR count). The highest BCUT2D eigenvalue weighted by molar-refractivity contribution is 5.75. The summed E-state index contributed by atoms with van der Waals surface area (Å²) in [6.45, 7) is 4.05. The number of allylic oxidation sites excluding steroid dienone is 2. The van der Waals surface area contributed by atoms with Crippen molar-refractivity contribution in [3.8, 4) is 0 Å². The molecule has 23 heavy (non-hydrogen) atoms. The van der Waals surface area contributed by atoms with Crippen LogP contribution in [0.2, 0.25) is 0 Å². The molecule has 0 saturated heterocycles. The number of carbonyl (C=O) groups excluding carboxylic acids is 1. The van der Waals surface area contributed by atoms with Crippen LogP contribution in [0.1, 0.15) is 77.6 Å². The van der Waals surface area contributed by atoms with Gasteiger partial charge in [-0.25, -0.2) is 0 Å². The van der Waals surface area contributed by atoms with Crippen LogP contribution in [0.15, 0.2) is 12.2 Å². The van der Waals surface area contributed by atoms with Crippen molar-refractivity contribution in [2.75, 3.05) is 26.9 Å². The van der Waals surface area contributed by atoms with E-state index in [0.29, 0.717) is 19.7 Å². The molecule has 0 aromatic carbocycles. The Morgan fingerprint density at radius 2 is 1.65 bits per heavy atom.